The normalized spacial score (nSPS) is 10.2. The monoisotopic (exact) mass is 361 g/mol. The molecular weight excluding hydrogens is 349 g/mol. The molecule has 0 bridgehead atoms. The van der Waals surface area contributed by atoms with E-state index >= 15 is 0 Å². The summed E-state index contributed by atoms with van der Waals surface area (Å²) in [5.41, 5.74) is 0.196. The van der Waals surface area contributed by atoms with Crippen molar-refractivity contribution >= 4 is 29.0 Å². The lowest BCUT2D eigenvalue weighted by Crippen LogP contribution is -2.15. The van der Waals surface area contributed by atoms with Gasteiger partial charge in [-0.3, -0.25) is 14.9 Å². The SMILES string of the molecule is Cc1nc(C)c(C#N)c(SCC(=O)Nc2ccc(F)c([N+](=O)[O-])c2)n1. The number of nitriles is 1. The fraction of sp³-hybridized carbons (Fsp3) is 0.200. The summed E-state index contributed by atoms with van der Waals surface area (Å²) in [6.45, 7) is 3.35. The minimum absolute atomic E-state index is 0.0737. The minimum Gasteiger partial charge on any atom is -0.325 e. The molecule has 8 nitrogen and oxygen atoms in total. The van der Waals surface area contributed by atoms with Crippen molar-refractivity contribution in [3.63, 3.8) is 0 Å². The summed E-state index contributed by atoms with van der Waals surface area (Å²) in [5, 5.41) is 22.7. The first-order chi connectivity index (χ1) is 11.8. The fourth-order valence-corrected chi connectivity index (χ4v) is 2.85. The number of anilines is 1. The van der Waals surface area contributed by atoms with Gasteiger partial charge in [0.1, 0.15) is 22.5 Å². The standard InChI is InChI=1S/C15H12FN5O3S/c1-8-11(6-17)15(19-9(2)18-8)25-7-14(22)20-10-3-4-12(16)13(5-10)21(23)24/h3-5H,7H2,1-2H3,(H,20,22). The third kappa shape index (κ3) is 4.48. The molecule has 1 aromatic heterocycles. The summed E-state index contributed by atoms with van der Waals surface area (Å²) < 4.78 is 13.3. The van der Waals surface area contributed by atoms with E-state index in [2.05, 4.69) is 15.3 Å². The van der Waals surface area contributed by atoms with Crippen LogP contribution in [-0.2, 0) is 4.79 Å². The van der Waals surface area contributed by atoms with Gasteiger partial charge in [-0.2, -0.15) is 9.65 Å². The fourth-order valence-electron chi connectivity index (χ4n) is 1.98. The molecule has 2 rings (SSSR count). The maximum atomic E-state index is 13.3. The predicted molar refractivity (Wildman–Crippen MR) is 88.6 cm³/mol. The van der Waals surface area contributed by atoms with Gasteiger partial charge >= 0.3 is 5.69 Å². The Hall–Kier alpha value is -3.06. The first-order valence-corrected chi connectivity index (χ1v) is 7.92. The number of aryl methyl sites for hydroxylation is 2. The Morgan fingerprint density at radius 1 is 1.44 bits per heavy atom. The number of carbonyl (C=O) groups excluding carboxylic acids is 1. The summed E-state index contributed by atoms with van der Waals surface area (Å²) in [4.78, 5) is 30.1. The number of carbonyl (C=O) groups is 1. The summed E-state index contributed by atoms with van der Waals surface area (Å²) >= 11 is 1.05. The average molecular weight is 361 g/mol. The number of benzene rings is 1. The largest absolute Gasteiger partial charge is 0.325 e. The van der Waals surface area contributed by atoms with E-state index in [1.807, 2.05) is 6.07 Å². The Morgan fingerprint density at radius 2 is 2.16 bits per heavy atom. The van der Waals surface area contributed by atoms with E-state index in [1.54, 1.807) is 13.8 Å². The molecule has 0 saturated carbocycles. The number of aromatic nitrogens is 2. The number of nitrogens with one attached hydrogen (secondary N) is 1. The van der Waals surface area contributed by atoms with Gasteiger partial charge in [0.05, 0.1) is 16.4 Å². The second-order valence-electron chi connectivity index (χ2n) is 4.91. The third-order valence-corrected chi connectivity index (χ3v) is 4.02. The van der Waals surface area contributed by atoms with Crippen molar-refractivity contribution < 1.29 is 14.1 Å². The van der Waals surface area contributed by atoms with Gasteiger partial charge in [0, 0.05) is 11.8 Å². The molecule has 0 atom stereocenters. The highest BCUT2D eigenvalue weighted by atomic mass is 32.2. The zero-order chi connectivity index (χ0) is 18.6. The second-order valence-corrected chi connectivity index (χ2v) is 5.87. The quantitative estimate of drug-likeness (QED) is 0.376. The number of hydrogen-bond donors (Lipinski definition) is 1. The molecule has 128 valence electrons. The summed E-state index contributed by atoms with van der Waals surface area (Å²) in [6, 6.07) is 5.07. The topological polar surface area (TPSA) is 122 Å². The summed E-state index contributed by atoms with van der Waals surface area (Å²) in [6.07, 6.45) is 0. The lowest BCUT2D eigenvalue weighted by atomic mass is 10.2. The van der Waals surface area contributed by atoms with Crippen LogP contribution in [0.15, 0.2) is 23.2 Å². The van der Waals surface area contributed by atoms with Crippen molar-refractivity contribution in [2.75, 3.05) is 11.1 Å². The lowest BCUT2D eigenvalue weighted by molar-refractivity contribution is -0.387. The smallest absolute Gasteiger partial charge is 0.306 e. The number of amides is 1. The molecule has 2 aromatic rings. The predicted octanol–water partition coefficient (Wildman–Crippen LogP) is 2.74. The van der Waals surface area contributed by atoms with E-state index in [0.717, 1.165) is 23.9 Å². The minimum atomic E-state index is -0.983. The van der Waals surface area contributed by atoms with Crippen LogP contribution in [0.3, 0.4) is 0 Å². The number of hydrogen-bond acceptors (Lipinski definition) is 7. The maximum Gasteiger partial charge on any atom is 0.306 e. The number of thioether (sulfide) groups is 1. The highest BCUT2D eigenvalue weighted by Crippen LogP contribution is 2.24. The Labute approximate surface area is 146 Å². The van der Waals surface area contributed by atoms with Crippen molar-refractivity contribution in [1.82, 2.24) is 9.97 Å². The van der Waals surface area contributed by atoms with Gasteiger partial charge in [-0.05, 0) is 26.0 Å². The molecule has 10 heteroatoms. The van der Waals surface area contributed by atoms with E-state index in [-0.39, 0.29) is 11.4 Å². The molecule has 1 heterocycles. The van der Waals surface area contributed by atoms with Crippen LogP contribution in [0.1, 0.15) is 17.1 Å². The first-order valence-electron chi connectivity index (χ1n) is 6.93. The van der Waals surface area contributed by atoms with Gasteiger partial charge in [-0.15, -0.1) is 0 Å². The molecule has 0 radical (unpaired) electrons. The molecule has 1 N–H and O–H groups in total. The Balaban J connectivity index is 2.09. The van der Waals surface area contributed by atoms with Crippen molar-refractivity contribution in [1.29, 1.82) is 5.26 Å². The van der Waals surface area contributed by atoms with Crippen LogP contribution >= 0.6 is 11.8 Å². The molecule has 0 saturated heterocycles. The number of nitrogens with zero attached hydrogens (tertiary/aromatic N) is 4. The van der Waals surface area contributed by atoms with Crippen LogP contribution in [0.25, 0.3) is 0 Å². The van der Waals surface area contributed by atoms with Crippen molar-refractivity contribution in [3.8, 4) is 6.07 Å². The molecule has 0 fully saturated rings. The van der Waals surface area contributed by atoms with Gasteiger partial charge < -0.3 is 5.32 Å². The Kier molecular flexibility index (Phi) is 5.61. The van der Waals surface area contributed by atoms with Crippen molar-refractivity contribution in [3.05, 3.63) is 51.2 Å². The van der Waals surface area contributed by atoms with E-state index in [9.17, 15) is 19.3 Å². The highest BCUT2D eigenvalue weighted by Gasteiger charge is 2.16. The van der Waals surface area contributed by atoms with Gasteiger partial charge in [0.2, 0.25) is 11.7 Å². The Bertz CT molecular complexity index is 897. The van der Waals surface area contributed by atoms with Crippen LogP contribution in [0.5, 0.6) is 0 Å². The average Bonchev–Trinajstić information content (AvgIpc) is 2.54. The van der Waals surface area contributed by atoms with Crippen molar-refractivity contribution in [2.24, 2.45) is 0 Å². The maximum absolute atomic E-state index is 13.3. The highest BCUT2D eigenvalue weighted by molar-refractivity contribution is 8.00. The first kappa shape index (κ1) is 18.3. The van der Waals surface area contributed by atoms with Crippen molar-refractivity contribution in [2.45, 2.75) is 18.9 Å². The number of nitro benzene ring substituents is 1. The molecule has 0 spiro atoms. The summed E-state index contributed by atoms with van der Waals surface area (Å²) in [7, 11) is 0. The molecule has 1 amide bonds. The molecule has 0 unspecified atom stereocenters. The molecular formula is C15H12FN5O3S. The zero-order valence-corrected chi connectivity index (χ0v) is 14.1. The molecule has 25 heavy (non-hydrogen) atoms. The third-order valence-electron chi connectivity index (χ3n) is 3.05. The van der Waals surface area contributed by atoms with Crippen LogP contribution in [0.4, 0.5) is 15.8 Å². The van der Waals surface area contributed by atoms with Gasteiger partial charge in [-0.1, -0.05) is 11.8 Å². The van der Waals surface area contributed by atoms with E-state index in [4.69, 9.17) is 5.26 Å². The number of halogens is 1. The van der Waals surface area contributed by atoms with Gasteiger partial charge in [0.25, 0.3) is 0 Å². The summed E-state index contributed by atoms with van der Waals surface area (Å²) in [5.74, 6) is -1.05. The Morgan fingerprint density at radius 3 is 2.80 bits per heavy atom. The van der Waals surface area contributed by atoms with E-state index in [1.165, 1.54) is 6.07 Å². The van der Waals surface area contributed by atoms with Crippen LogP contribution in [0.2, 0.25) is 0 Å². The van der Waals surface area contributed by atoms with E-state index < -0.39 is 22.3 Å². The van der Waals surface area contributed by atoms with Crippen LogP contribution in [0, 0.1) is 41.1 Å². The lowest BCUT2D eigenvalue weighted by Gasteiger charge is -2.07. The van der Waals surface area contributed by atoms with Gasteiger partial charge in [-0.25, -0.2) is 9.97 Å². The molecule has 0 aliphatic rings. The number of nitro groups is 1. The van der Waals surface area contributed by atoms with E-state index in [0.29, 0.717) is 22.1 Å². The second kappa shape index (κ2) is 7.67. The van der Waals surface area contributed by atoms with Gasteiger partial charge in [0.15, 0.2) is 0 Å². The van der Waals surface area contributed by atoms with Crippen LogP contribution < -0.4 is 5.32 Å². The number of rotatable bonds is 5. The zero-order valence-electron chi connectivity index (χ0n) is 13.2. The van der Waals surface area contributed by atoms with Crippen LogP contribution in [-0.4, -0.2) is 26.6 Å². The molecule has 0 aliphatic carbocycles. The molecule has 0 aliphatic heterocycles. The molecule has 1 aromatic carbocycles.